The molecule has 0 fully saturated rings. The zero-order chi connectivity index (χ0) is 83.4. The van der Waals surface area contributed by atoms with Crippen molar-refractivity contribution in [2.45, 2.75) is 349 Å². The monoisotopic (exact) mass is 1560 g/mol. The van der Waals surface area contributed by atoms with Crippen molar-refractivity contribution in [2.24, 2.45) is 32.5 Å². The van der Waals surface area contributed by atoms with E-state index in [9.17, 15) is 106 Å². The van der Waals surface area contributed by atoms with Crippen LogP contribution in [0.3, 0.4) is 0 Å². The summed E-state index contributed by atoms with van der Waals surface area (Å²) in [5.41, 5.74) is 6.14. The van der Waals surface area contributed by atoms with Crippen molar-refractivity contribution >= 4 is 17.9 Å². The highest BCUT2D eigenvalue weighted by Gasteiger charge is 2.34. The third-order valence-corrected chi connectivity index (χ3v) is 23.2. The van der Waals surface area contributed by atoms with Gasteiger partial charge in [-0.25, -0.2) is 0 Å². The van der Waals surface area contributed by atoms with Crippen molar-refractivity contribution in [3.8, 4) is 0 Å². The van der Waals surface area contributed by atoms with Crippen LogP contribution in [0.2, 0.25) is 0 Å². The highest BCUT2D eigenvalue weighted by molar-refractivity contribution is 5.74. The minimum atomic E-state index is -0.843. The Labute approximate surface area is 662 Å². The van der Waals surface area contributed by atoms with Crippen molar-refractivity contribution < 1.29 is 106 Å². The average molecular weight is 1560 g/mol. The van der Waals surface area contributed by atoms with E-state index >= 15 is 0 Å². The van der Waals surface area contributed by atoms with Gasteiger partial charge in [-0.2, -0.15) is 0 Å². The van der Waals surface area contributed by atoms with Crippen LogP contribution < -0.4 is 0 Å². The Hall–Kier alpha value is -5.31. The van der Waals surface area contributed by atoms with Crippen LogP contribution in [-0.4, -0.2) is 203 Å². The van der Waals surface area contributed by atoms with Gasteiger partial charge in [0.15, 0.2) is 0 Å². The molecule has 0 saturated carbocycles. The van der Waals surface area contributed by atoms with Crippen LogP contribution in [0.5, 0.6) is 0 Å². The van der Waals surface area contributed by atoms with Gasteiger partial charge in [0, 0.05) is 19.8 Å². The minimum Gasteiger partial charge on any atom is -0.481 e. The molecule has 6 rings (SSSR count). The number of hydrogen-bond acceptors (Lipinski definition) is 18. The van der Waals surface area contributed by atoms with Crippen molar-refractivity contribution in [1.29, 1.82) is 0 Å². The predicted octanol–water partition coefficient (Wildman–Crippen LogP) is 12.6. The zero-order valence-electron chi connectivity index (χ0n) is 69.0. The summed E-state index contributed by atoms with van der Waals surface area (Å²) in [6.07, 6.45) is 31.1. The molecule has 0 saturated heterocycles. The first-order chi connectivity index (χ1) is 51.8. The lowest BCUT2D eigenvalue weighted by Crippen LogP contribution is -2.25. The van der Waals surface area contributed by atoms with E-state index in [1.807, 2.05) is 41.5 Å². The maximum absolute atomic E-state index is 11.3. The first-order valence-electron chi connectivity index (χ1n) is 40.9. The third-order valence-electron chi connectivity index (χ3n) is 23.2. The number of carboxylic acid groups (broad SMARTS) is 3. The molecule has 18 N–H and O–H groups in total. The van der Waals surface area contributed by atoms with E-state index < -0.39 is 107 Å². The molecule has 0 aliphatic heterocycles. The maximum atomic E-state index is 11.3. The van der Waals surface area contributed by atoms with Crippen molar-refractivity contribution in [3.63, 3.8) is 0 Å². The molecule has 630 valence electrons. The molecule has 21 nitrogen and oxygen atoms in total. The Kier molecular flexibility index (Phi) is 40.5. The van der Waals surface area contributed by atoms with Crippen LogP contribution in [0, 0.1) is 32.5 Å². The third kappa shape index (κ3) is 33.8. The molecule has 21 heteroatoms. The van der Waals surface area contributed by atoms with Crippen LogP contribution in [0.4, 0.5) is 0 Å². The molecule has 6 aliphatic rings. The van der Waals surface area contributed by atoms with Crippen LogP contribution in [0.15, 0.2) is 140 Å². The zero-order valence-corrected chi connectivity index (χ0v) is 69.0. The summed E-state index contributed by atoms with van der Waals surface area (Å²) in [6, 6.07) is 0. The van der Waals surface area contributed by atoms with Gasteiger partial charge in [0.1, 0.15) is 0 Å². The molecule has 0 aromatic heterocycles. The van der Waals surface area contributed by atoms with E-state index in [1.54, 1.807) is 114 Å². The molecule has 0 spiro atoms. The first-order valence-corrected chi connectivity index (χ1v) is 40.9. The van der Waals surface area contributed by atoms with Gasteiger partial charge in [0.25, 0.3) is 0 Å². The molecule has 0 bridgehead atoms. The summed E-state index contributed by atoms with van der Waals surface area (Å²) in [7, 11) is 0. The molecular formula is C90H144O21. The van der Waals surface area contributed by atoms with Crippen LogP contribution in [0.25, 0.3) is 0 Å². The van der Waals surface area contributed by atoms with E-state index in [1.165, 1.54) is 0 Å². The minimum absolute atomic E-state index is 0.105. The van der Waals surface area contributed by atoms with E-state index in [-0.39, 0.29) is 36.1 Å². The fourth-order valence-electron chi connectivity index (χ4n) is 15.0. The number of aliphatic hydroxyl groups excluding tert-OH is 15. The Balaban J connectivity index is 0.000000351. The molecule has 111 heavy (non-hydrogen) atoms. The lowest BCUT2D eigenvalue weighted by atomic mass is 9.82. The Bertz CT molecular complexity index is 3230. The predicted molar refractivity (Wildman–Crippen MR) is 434 cm³/mol. The second-order valence-electron chi connectivity index (χ2n) is 36.5. The summed E-state index contributed by atoms with van der Waals surface area (Å²) in [5.74, 6) is -2.49. The van der Waals surface area contributed by atoms with Gasteiger partial charge in [-0.3, -0.25) is 14.4 Å². The standard InChI is InChI=1S/C30H46O8.C30H48O7.C30H50O6/c1-29(2,27(35)36)13-7-5-9-19-15-23(31)17-21(25(19)33)11-12-22-18-24(32)16-20(26(22)34)10-6-8-14-30(3,4)28(37)38;1-29(2,19-31)13-7-5-9-20-15-24(32)17-22(26(20)34)11-12-23-18-25(33)16-21(27(23)35)10-6-8-14-30(3,4)28(36)37;1-29(2,19-31)13-7-5-9-21-15-25(33)17-23(27(21)35)11-12-24-18-26(34)16-22(28(24)36)10-6-8-14-30(3,4)20-32/h15-18,23-26,31-34H,5-14H2,1-4H3,(H,35,36)(H,37,38);15-18,24-27,31-35H,5-14,19H2,1-4H3,(H,36,37);15-18,25-28,31-36H,5-14,19-20H2,1-4H3. The fourth-order valence-corrected chi connectivity index (χ4v) is 15.0. The number of aliphatic carboxylic acids is 3. The topological polar surface area (TPSA) is 415 Å². The molecule has 0 heterocycles. The molecular weight excluding hydrogens is 1420 g/mol. The second kappa shape index (κ2) is 45.8. The first kappa shape index (κ1) is 98.1. The highest BCUT2D eigenvalue weighted by Crippen LogP contribution is 2.39. The van der Waals surface area contributed by atoms with Crippen molar-refractivity contribution in [1.82, 2.24) is 0 Å². The molecule has 0 aromatic carbocycles. The smallest absolute Gasteiger partial charge is 0.309 e. The van der Waals surface area contributed by atoms with Gasteiger partial charge in [-0.05, 0) is 279 Å². The Morgan fingerprint density at radius 3 is 0.477 bits per heavy atom. The van der Waals surface area contributed by atoms with E-state index in [2.05, 4.69) is 0 Å². The van der Waals surface area contributed by atoms with Gasteiger partial charge < -0.3 is 91.9 Å². The van der Waals surface area contributed by atoms with Gasteiger partial charge in [-0.1, -0.05) is 153 Å². The fraction of sp³-hybridized carbons (Fsp3) is 0.700. The summed E-state index contributed by atoms with van der Waals surface area (Å²) >= 11 is 0. The lowest BCUT2D eigenvalue weighted by molar-refractivity contribution is -0.148. The van der Waals surface area contributed by atoms with Gasteiger partial charge >= 0.3 is 17.9 Å². The van der Waals surface area contributed by atoms with Gasteiger partial charge in [-0.15, -0.1) is 0 Å². The number of hydrogen-bond donors (Lipinski definition) is 18. The Morgan fingerprint density at radius 1 is 0.225 bits per heavy atom. The van der Waals surface area contributed by atoms with E-state index in [4.69, 9.17) is 0 Å². The number of rotatable bonds is 45. The molecule has 12 unspecified atom stereocenters. The highest BCUT2D eigenvalue weighted by atomic mass is 16.4. The van der Waals surface area contributed by atoms with Crippen LogP contribution in [-0.2, 0) is 14.4 Å². The van der Waals surface area contributed by atoms with Crippen molar-refractivity contribution in [3.05, 3.63) is 140 Å². The summed E-state index contributed by atoms with van der Waals surface area (Å²) in [4.78, 5) is 33.9. The number of aliphatic hydroxyl groups is 15. The normalized spacial score (nSPS) is 24.8. The number of carbonyl (C=O) groups is 3. The lowest BCUT2D eigenvalue weighted by Gasteiger charge is -2.28. The van der Waals surface area contributed by atoms with Crippen LogP contribution in [0.1, 0.15) is 276 Å². The van der Waals surface area contributed by atoms with E-state index in [0.29, 0.717) is 156 Å². The number of unbranched alkanes of at least 4 members (excludes halogenated alkanes) is 6. The van der Waals surface area contributed by atoms with Crippen LogP contribution >= 0.6 is 0 Å². The summed E-state index contributed by atoms with van der Waals surface area (Å²) in [5, 5.41) is 184. The quantitative estimate of drug-likeness (QED) is 0.0199. The second-order valence-corrected chi connectivity index (χ2v) is 36.5. The molecule has 0 aromatic rings. The van der Waals surface area contributed by atoms with Crippen molar-refractivity contribution in [2.75, 3.05) is 19.8 Å². The number of carboxylic acids is 3. The maximum Gasteiger partial charge on any atom is 0.309 e. The molecule has 6 aliphatic carbocycles. The molecule has 0 radical (unpaired) electrons. The molecule has 0 amide bonds. The summed E-state index contributed by atoms with van der Waals surface area (Å²) in [6.45, 7) is 22.8. The largest absolute Gasteiger partial charge is 0.481 e. The summed E-state index contributed by atoms with van der Waals surface area (Å²) < 4.78 is 0. The average Bonchev–Trinajstić information content (AvgIpc) is 0.834. The van der Waals surface area contributed by atoms with Gasteiger partial charge in [0.2, 0.25) is 0 Å². The molecule has 12 atom stereocenters. The van der Waals surface area contributed by atoms with E-state index in [0.717, 1.165) is 103 Å². The van der Waals surface area contributed by atoms with Gasteiger partial charge in [0.05, 0.1) is 89.5 Å². The SMILES string of the molecule is CC(C)(CCCCC1=CC(O)C=C(CCC2=CC(O)C=C(CCCCC(C)(C)C(=O)O)C2O)C1O)C(=O)O.CC(C)(CO)CCCCC1=CC(O)C=C(CCC2=CC(O)C=C(CCCCC(C)(C)C(=O)O)C2O)C1O.CC(C)(CO)CCCCC1=CC(O)C=C(CCC2=CC(O)C=C(CCCCC(C)(C)CO)C2O)C1O. The Morgan fingerprint density at radius 2 is 0.351 bits per heavy atom.